The highest BCUT2D eigenvalue weighted by atomic mass is 32.2. The van der Waals surface area contributed by atoms with Crippen LogP contribution in [0.25, 0.3) is 0 Å². The molecule has 1 aliphatic heterocycles. The predicted molar refractivity (Wildman–Crippen MR) is 72.5 cm³/mol. The van der Waals surface area contributed by atoms with Gasteiger partial charge < -0.3 is 10.6 Å². The van der Waals surface area contributed by atoms with E-state index in [-0.39, 0.29) is 11.4 Å². The lowest BCUT2D eigenvalue weighted by Crippen LogP contribution is -2.34. The molecule has 1 aromatic carbocycles. The van der Waals surface area contributed by atoms with E-state index in [1.165, 1.54) is 10.5 Å². The van der Waals surface area contributed by atoms with Crippen molar-refractivity contribution in [2.45, 2.75) is 30.7 Å². The summed E-state index contributed by atoms with van der Waals surface area (Å²) in [4.78, 5) is 14.5. The maximum Gasteiger partial charge on any atom is 0.237 e. The van der Waals surface area contributed by atoms with Crippen LogP contribution in [0.1, 0.15) is 19.4 Å². The standard InChI is InChI=1S/C13H18N2OS/c1-13(2,14)7-9-4-5-10-11(6-9)17-8-12(16)15(10)3/h4-6H,7-8,14H2,1-3H3. The van der Waals surface area contributed by atoms with E-state index in [2.05, 4.69) is 12.1 Å². The zero-order valence-corrected chi connectivity index (χ0v) is 11.3. The van der Waals surface area contributed by atoms with Crippen LogP contribution in [-0.4, -0.2) is 24.2 Å². The minimum atomic E-state index is -0.199. The molecule has 3 nitrogen and oxygen atoms in total. The highest BCUT2D eigenvalue weighted by Gasteiger charge is 2.22. The second kappa shape index (κ2) is 4.35. The molecule has 0 fully saturated rings. The summed E-state index contributed by atoms with van der Waals surface area (Å²) < 4.78 is 0. The molecule has 0 spiro atoms. The van der Waals surface area contributed by atoms with Crippen molar-refractivity contribution in [2.75, 3.05) is 17.7 Å². The number of rotatable bonds is 2. The maximum absolute atomic E-state index is 11.6. The van der Waals surface area contributed by atoms with Gasteiger partial charge in [-0.25, -0.2) is 0 Å². The van der Waals surface area contributed by atoms with Gasteiger partial charge in [0.15, 0.2) is 0 Å². The van der Waals surface area contributed by atoms with Gasteiger partial charge in [0.2, 0.25) is 5.91 Å². The number of carbonyl (C=O) groups is 1. The van der Waals surface area contributed by atoms with Gasteiger partial charge in [-0.15, -0.1) is 11.8 Å². The predicted octanol–water partition coefficient (Wildman–Crippen LogP) is 2.03. The lowest BCUT2D eigenvalue weighted by Gasteiger charge is -2.26. The summed E-state index contributed by atoms with van der Waals surface area (Å²) in [5, 5.41) is 0. The number of fused-ring (bicyclic) bond motifs is 1. The van der Waals surface area contributed by atoms with Crippen LogP contribution >= 0.6 is 11.8 Å². The fraction of sp³-hybridized carbons (Fsp3) is 0.462. The van der Waals surface area contributed by atoms with E-state index in [4.69, 9.17) is 5.73 Å². The zero-order chi connectivity index (χ0) is 12.6. The minimum absolute atomic E-state index is 0.161. The Morgan fingerprint density at radius 1 is 1.47 bits per heavy atom. The third-order valence-electron chi connectivity index (χ3n) is 2.77. The highest BCUT2D eigenvalue weighted by molar-refractivity contribution is 8.00. The Morgan fingerprint density at radius 3 is 2.82 bits per heavy atom. The summed E-state index contributed by atoms with van der Waals surface area (Å²) in [7, 11) is 1.83. The minimum Gasteiger partial charge on any atom is -0.325 e. The molecule has 1 aromatic rings. The number of nitrogens with zero attached hydrogens (tertiary/aromatic N) is 1. The topological polar surface area (TPSA) is 46.3 Å². The number of thioether (sulfide) groups is 1. The Labute approximate surface area is 106 Å². The summed E-state index contributed by atoms with van der Waals surface area (Å²) in [6.45, 7) is 4.05. The van der Waals surface area contributed by atoms with Crippen LogP contribution in [0.5, 0.6) is 0 Å². The zero-order valence-electron chi connectivity index (χ0n) is 10.5. The van der Waals surface area contributed by atoms with Gasteiger partial charge in [-0.3, -0.25) is 4.79 Å². The molecule has 0 unspecified atom stereocenters. The Hall–Kier alpha value is -1.00. The Bertz CT molecular complexity index is 451. The van der Waals surface area contributed by atoms with E-state index in [0.29, 0.717) is 5.75 Å². The van der Waals surface area contributed by atoms with E-state index in [0.717, 1.165) is 12.1 Å². The SMILES string of the molecule is CN1C(=O)CSc2cc(CC(C)(C)N)ccc21. The van der Waals surface area contributed by atoms with Crippen LogP contribution < -0.4 is 10.6 Å². The van der Waals surface area contributed by atoms with E-state index < -0.39 is 0 Å². The number of amides is 1. The molecular weight excluding hydrogens is 232 g/mol. The van der Waals surface area contributed by atoms with E-state index >= 15 is 0 Å². The largest absolute Gasteiger partial charge is 0.325 e. The lowest BCUT2D eigenvalue weighted by atomic mass is 9.96. The molecule has 1 amide bonds. The second-order valence-electron chi connectivity index (χ2n) is 5.21. The Morgan fingerprint density at radius 2 is 2.18 bits per heavy atom. The lowest BCUT2D eigenvalue weighted by molar-refractivity contribution is -0.116. The Balaban J connectivity index is 2.29. The van der Waals surface area contributed by atoms with Gasteiger partial charge in [-0.05, 0) is 38.0 Å². The number of hydrogen-bond acceptors (Lipinski definition) is 3. The van der Waals surface area contributed by atoms with Gasteiger partial charge in [-0.2, -0.15) is 0 Å². The van der Waals surface area contributed by atoms with Crippen LogP contribution in [0.4, 0.5) is 5.69 Å². The van der Waals surface area contributed by atoms with Crippen molar-refractivity contribution >= 4 is 23.4 Å². The molecule has 2 N–H and O–H groups in total. The van der Waals surface area contributed by atoms with Crippen LogP contribution in [-0.2, 0) is 11.2 Å². The summed E-state index contributed by atoms with van der Waals surface area (Å²) in [6, 6.07) is 6.22. The molecule has 2 rings (SSSR count). The molecule has 1 aliphatic rings. The fourth-order valence-electron chi connectivity index (χ4n) is 1.96. The molecule has 0 aromatic heterocycles. The molecule has 0 radical (unpaired) electrons. The van der Waals surface area contributed by atoms with Crippen molar-refractivity contribution in [1.82, 2.24) is 0 Å². The third-order valence-corrected chi connectivity index (χ3v) is 3.80. The number of nitrogens with two attached hydrogens (primary N) is 1. The van der Waals surface area contributed by atoms with Crippen molar-refractivity contribution in [2.24, 2.45) is 5.73 Å². The molecule has 17 heavy (non-hydrogen) atoms. The molecule has 0 bridgehead atoms. The van der Waals surface area contributed by atoms with Crippen LogP contribution in [0, 0.1) is 0 Å². The number of benzene rings is 1. The molecule has 0 saturated heterocycles. The van der Waals surface area contributed by atoms with Crippen molar-refractivity contribution < 1.29 is 4.79 Å². The van der Waals surface area contributed by atoms with Gasteiger partial charge in [-0.1, -0.05) is 6.07 Å². The first-order chi connectivity index (χ1) is 7.87. The van der Waals surface area contributed by atoms with Crippen LogP contribution in [0.2, 0.25) is 0 Å². The van der Waals surface area contributed by atoms with Gasteiger partial charge in [0.25, 0.3) is 0 Å². The fourth-order valence-corrected chi connectivity index (χ4v) is 3.02. The average Bonchev–Trinajstić information content (AvgIpc) is 2.21. The number of carbonyl (C=O) groups excluding carboxylic acids is 1. The first kappa shape index (κ1) is 12.5. The van der Waals surface area contributed by atoms with Crippen molar-refractivity contribution in [3.63, 3.8) is 0 Å². The highest BCUT2D eigenvalue weighted by Crippen LogP contribution is 2.35. The van der Waals surface area contributed by atoms with Crippen molar-refractivity contribution in [3.8, 4) is 0 Å². The quantitative estimate of drug-likeness (QED) is 0.873. The van der Waals surface area contributed by atoms with Crippen molar-refractivity contribution in [1.29, 1.82) is 0 Å². The average molecular weight is 250 g/mol. The van der Waals surface area contributed by atoms with Gasteiger partial charge in [0, 0.05) is 17.5 Å². The monoisotopic (exact) mass is 250 g/mol. The van der Waals surface area contributed by atoms with E-state index in [1.807, 2.05) is 27.0 Å². The Kier molecular flexibility index (Phi) is 3.19. The number of anilines is 1. The molecule has 4 heteroatoms. The smallest absolute Gasteiger partial charge is 0.237 e. The molecule has 0 aliphatic carbocycles. The summed E-state index contributed by atoms with van der Waals surface area (Å²) in [6.07, 6.45) is 0.846. The van der Waals surface area contributed by atoms with E-state index in [1.54, 1.807) is 16.7 Å². The third kappa shape index (κ3) is 2.82. The molecule has 0 saturated carbocycles. The maximum atomic E-state index is 11.6. The van der Waals surface area contributed by atoms with E-state index in [9.17, 15) is 4.79 Å². The van der Waals surface area contributed by atoms with Crippen molar-refractivity contribution in [3.05, 3.63) is 23.8 Å². The summed E-state index contributed by atoms with van der Waals surface area (Å²) in [5.74, 6) is 0.688. The molecule has 92 valence electrons. The van der Waals surface area contributed by atoms with Gasteiger partial charge in [0.05, 0.1) is 11.4 Å². The van der Waals surface area contributed by atoms with Gasteiger partial charge >= 0.3 is 0 Å². The second-order valence-corrected chi connectivity index (χ2v) is 6.23. The molecule has 1 heterocycles. The van der Waals surface area contributed by atoms with Gasteiger partial charge in [0.1, 0.15) is 0 Å². The number of hydrogen-bond donors (Lipinski definition) is 1. The van der Waals surface area contributed by atoms with Crippen LogP contribution in [0.3, 0.4) is 0 Å². The first-order valence-electron chi connectivity index (χ1n) is 5.68. The van der Waals surface area contributed by atoms with Crippen LogP contribution in [0.15, 0.2) is 23.1 Å². The molecule has 0 atom stereocenters. The first-order valence-corrected chi connectivity index (χ1v) is 6.66. The summed E-state index contributed by atoms with van der Waals surface area (Å²) in [5.41, 5.74) is 8.06. The normalized spacial score (nSPS) is 16.0. The summed E-state index contributed by atoms with van der Waals surface area (Å²) >= 11 is 1.61. The molecular formula is C13H18N2OS.